The highest BCUT2D eigenvalue weighted by Gasteiger charge is 2.53. The summed E-state index contributed by atoms with van der Waals surface area (Å²) in [5.74, 6) is -0.223. The Morgan fingerprint density at radius 1 is 1.12 bits per heavy atom. The van der Waals surface area contributed by atoms with E-state index in [0.717, 1.165) is 32.1 Å². The summed E-state index contributed by atoms with van der Waals surface area (Å²) in [6.07, 6.45) is 0.860. The maximum absolute atomic E-state index is 12.5. The fourth-order valence-electron chi connectivity index (χ4n) is 6.78. The molecule has 0 aromatic rings. The molecule has 5 aliphatic rings. The van der Waals surface area contributed by atoms with Crippen molar-refractivity contribution in [3.63, 3.8) is 0 Å². The van der Waals surface area contributed by atoms with Crippen LogP contribution in [0.15, 0.2) is 22.8 Å². The third-order valence-electron chi connectivity index (χ3n) is 8.63. The molecule has 1 aliphatic heterocycles. The average Bonchev–Trinajstić information content (AvgIpc) is 3.08. The molecule has 0 amide bonds. The van der Waals surface area contributed by atoms with Crippen LogP contribution < -0.4 is 0 Å². The number of carbonyl (C=O) groups excluding carboxylic acids is 1. The Bertz CT molecular complexity index is 877. The Morgan fingerprint density at radius 3 is 2.66 bits per heavy atom. The summed E-state index contributed by atoms with van der Waals surface area (Å²) < 4.78 is 11.2. The Kier molecular flexibility index (Phi) is 5.57. The number of carbonyl (C=O) groups is 2. The summed E-state index contributed by atoms with van der Waals surface area (Å²) in [5, 5.41) is 39.4. The van der Waals surface area contributed by atoms with Crippen LogP contribution in [0.5, 0.6) is 0 Å². The zero-order valence-corrected chi connectivity index (χ0v) is 18.3. The highest BCUT2D eigenvalue weighted by Crippen LogP contribution is 2.58. The third kappa shape index (κ3) is 3.39. The van der Waals surface area contributed by atoms with Crippen molar-refractivity contribution in [3.8, 4) is 0 Å². The van der Waals surface area contributed by atoms with E-state index >= 15 is 0 Å². The molecule has 9 atom stereocenters. The first-order valence-corrected chi connectivity index (χ1v) is 11.7. The molecule has 32 heavy (non-hydrogen) atoms. The predicted octanol–water partition coefficient (Wildman–Crippen LogP) is 1.47. The standard InChI is InChI=1S/C24H32O8/c1-24-9-8-14-13-5-3-12(10-11(13)2-4-15(14)16(24)6-7-17(24)25)31-23-20(28)18(26)19(27)21(32-23)22(29)30/h4,12,14,16,18-21,23,26-28H,2-3,5-10H2,1H3,(H,29,30)/t12-,14?,16?,18-,19-,20+,21-,23?,24-/m0/s1. The average molecular weight is 449 g/mol. The maximum Gasteiger partial charge on any atom is 0.335 e. The van der Waals surface area contributed by atoms with Gasteiger partial charge >= 0.3 is 5.97 Å². The maximum atomic E-state index is 12.5. The van der Waals surface area contributed by atoms with Gasteiger partial charge in [-0.15, -0.1) is 0 Å². The minimum Gasteiger partial charge on any atom is -0.479 e. The van der Waals surface area contributed by atoms with Crippen LogP contribution in [0.4, 0.5) is 0 Å². The molecule has 2 saturated carbocycles. The van der Waals surface area contributed by atoms with Gasteiger partial charge in [-0.05, 0) is 50.9 Å². The molecule has 0 aromatic heterocycles. The Morgan fingerprint density at radius 2 is 1.91 bits per heavy atom. The van der Waals surface area contributed by atoms with Gasteiger partial charge in [0.25, 0.3) is 0 Å². The van der Waals surface area contributed by atoms with Crippen LogP contribution in [-0.2, 0) is 19.1 Å². The Balaban J connectivity index is 1.28. The first-order chi connectivity index (χ1) is 15.2. The van der Waals surface area contributed by atoms with Gasteiger partial charge in [0.05, 0.1) is 6.10 Å². The second kappa shape index (κ2) is 8.02. The van der Waals surface area contributed by atoms with Gasteiger partial charge in [-0.1, -0.05) is 29.7 Å². The molecule has 4 aliphatic carbocycles. The normalized spacial score (nSPS) is 46.2. The van der Waals surface area contributed by atoms with Crippen molar-refractivity contribution < 1.29 is 39.5 Å². The van der Waals surface area contributed by atoms with Gasteiger partial charge in [-0.3, -0.25) is 4.79 Å². The number of allylic oxidation sites excluding steroid dienone is 3. The number of ketones is 1. The van der Waals surface area contributed by atoms with Gasteiger partial charge < -0.3 is 29.9 Å². The number of aliphatic hydroxyl groups excluding tert-OH is 3. The lowest BCUT2D eigenvalue weighted by Crippen LogP contribution is -2.60. The van der Waals surface area contributed by atoms with Crippen molar-refractivity contribution >= 4 is 11.8 Å². The van der Waals surface area contributed by atoms with Gasteiger partial charge in [0.15, 0.2) is 12.4 Å². The summed E-state index contributed by atoms with van der Waals surface area (Å²) in [5.41, 5.74) is 4.05. The van der Waals surface area contributed by atoms with E-state index in [1.165, 1.54) is 16.7 Å². The molecule has 1 heterocycles. The molecular formula is C24H32O8. The zero-order chi connectivity index (χ0) is 22.8. The molecule has 176 valence electrons. The lowest BCUT2D eigenvalue weighted by atomic mass is 9.58. The van der Waals surface area contributed by atoms with E-state index in [-0.39, 0.29) is 11.5 Å². The number of aliphatic carboxylic acids is 1. The largest absolute Gasteiger partial charge is 0.479 e. The quantitative estimate of drug-likeness (QED) is 0.477. The molecule has 4 N–H and O–H groups in total. The monoisotopic (exact) mass is 448 g/mol. The number of ether oxygens (including phenoxy) is 2. The molecule has 0 aromatic carbocycles. The highest BCUT2D eigenvalue weighted by atomic mass is 16.7. The van der Waals surface area contributed by atoms with Gasteiger partial charge in [-0.25, -0.2) is 4.79 Å². The highest BCUT2D eigenvalue weighted by molar-refractivity contribution is 5.88. The number of rotatable bonds is 3. The predicted molar refractivity (Wildman–Crippen MR) is 111 cm³/mol. The Hall–Kier alpha value is -1.58. The number of hydrogen-bond donors (Lipinski definition) is 4. The summed E-state index contributed by atoms with van der Waals surface area (Å²) in [7, 11) is 0. The second-order valence-electron chi connectivity index (χ2n) is 10.3. The lowest BCUT2D eigenvalue weighted by Gasteiger charge is -2.46. The van der Waals surface area contributed by atoms with E-state index in [2.05, 4.69) is 13.0 Å². The van der Waals surface area contributed by atoms with Crippen molar-refractivity contribution in [1.82, 2.24) is 0 Å². The van der Waals surface area contributed by atoms with Gasteiger partial charge in [0.1, 0.15) is 24.1 Å². The lowest BCUT2D eigenvalue weighted by molar-refractivity contribution is -0.304. The second-order valence-corrected chi connectivity index (χ2v) is 10.3. The first kappa shape index (κ1) is 22.2. The summed E-state index contributed by atoms with van der Waals surface area (Å²) in [4.78, 5) is 23.8. The number of carboxylic acids is 1. The fraction of sp³-hybridized carbons (Fsp3) is 0.750. The van der Waals surface area contributed by atoms with E-state index in [1.807, 2.05) is 0 Å². The van der Waals surface area contributed by atoms with Crippen LogP contribution in [0.1, 0.15) is 58.3 Å². The molecule has 8 heteroatoms. The van der Waals surface area contributed by atoms with Crippen molar-refractivity contribution in [2.75, 3.05) is 0 Å². The van der Waals surface area contributed by atoms with Crippen LogP contribution in [0.2, 0.25) is 0 Å². The molecular weight excluding hydrogens is 416 g/mol. The minimum atomic E-state index is -1.72. The summed E-state index contributed by atoms with van der Waals surface area (Å²) in [6, 6.07) is 0. The minimum absolute atomic E-state index is 0.193. The molecule has 0 bridgehead atoms. The number of Topliss-reactive ketones (excluding diaryl/α,β-unsaturated/α-hetero) is 1. The number of fused-ring (bicyclic) bond motifs is 4. The van der Waals surface area contributed by atoms with Crippen LogP contribution >= 0.6 is 0 Å². The van der Waals surface area contributed by atoms with E-state index in [0.29, 0.717) is 36.9 Å². The van der Waals surface area contributed by atoms with Gasteiger partial charge in [0, 0.05) is 17.8 Å². The Labute approximate surface area is 186 Å². The van der Waals surface area contributed by atoms with E-state index in [4.69, 9.17) is 9.47 Å². The van der Waals surface area contributed by atoms with Gasteiger partial charge in [-0.2, -0.15) is 0 Å². The van der Waals surface area contributed by atoms with Crippen LogP contribution in [0.25, 0.3) is 0 Å². The fourth-order valence-corrected chi connectivity index (χ4v) is 6.78. The van der Waals surface area contributed by atoms with Crippen LogP contribution in [0.3, 0.4) is 0 Å². The van der Waals surface area contributed by atoms with E-state index in [1.54, 1.807) is 0 Å². The zero-order valence-electron chi connectivity index (χ0n) is 18.3. The molecule has 0 spiro atoms. The van der Waals surface area contributed by atoms with Crippen molar-refractivity contribution in [2.45, 2.75) is 95.1 Å². The number of hydrogen-bond acceptors (Lipinski definition) is 7. The van der Waals surface area contributed by atoms with Gasteiger partial charge in [0.2, 0.25) is 0 Å². The molecule has 8 nitrogen and oxygen atoms in total. The van der Waals surface area contributed by atoms with Crippen molar-refractivity contribution in [1.29, 1.82) is 0 Å². The van der Waals surface area contributed by atoms with Crippen LogP contribution in [-0.4, -0.2) is 69.0 Å². The first-order valence-electron chi connectivity index (χ1n) is 11.7. The van der Waals surface area contributed by atoms with Crippen molar-refractivity contribution in [2.24, 2.45) is 17.3 Å². The third-order valence-corrected chi connectivity index (χ3v) is 8.63. The van der Waals surface area contributed by atoms with Crippen LogP contribution in [0, 0.1) is 17.3 Å². The van der Waals surface area contributed by atoms with E-state index in [9.17, 15) is 30.0 Å². The topological polar surface area (TPSA) is 134 Å². The number of aliphatic hydroxyl groups is 3. The molecule has 3 fully saturated rings. The SMILES string of the molecule is C[C@]12CCC3C(=CCC4=C3CC[C@H](OC3O[C@H](C(=O)O)[C@@H](O)[C@H](O)[C@H]3O)C4)C1CCC2=O. The molecule has 5 rings (SSSR count). The molecule has 3 unspecified atom stereocenters. The molecule has 0 radical (unpaired) electrons. The smallest absolute Gasteiger partial charge is 0.335 e. The summed E-state index contributed by atoms with van der Waals surface area (Å²) >= 11 is 0. The molecule has 1 saturated heterocycles. The van der Waals surface area contributed by atoms with Crippen molar-refractivity contribution in [3.05, 3.63) is 22.8 Å². The number of carboxylic acid groups (broad SMARTS) is 1. The van der Waals surface area contributed by atoms with E-state index < -0.39 is 36.7 Å². The summed E-state index contributed by atoms with van der Waals surface area (Å²) in [6.45, 7) is 2.14.